The van der Waals surface area contributed by atoms with Crippen molar-refractivity contribution >= 4 is 17.4 Å². The van der Waals surface area contributed by atoms with Crippen LogP contribution in [-0.2, 0) is 6.18 Å². The van der Waals surface area contributed by atoms with Gasteiger partial charge in [-0.1, -0.05) is 12.1 Å². The van der Waals surface area contributed by atoms with E-state index in [2.05, 4.69) is 10.6 Å². The Morgan fingerprint density at radius 1 is 0.905 bits per heavy atom. The van der Waals surface area contributed by atoms with Crippen LogP contribution < -0.4 is 10.6 Å². The summed E-state index contributed by atoms with van der Waals surface area (Å²) in [5.41, 5.74) is -0.679. The number of amides is 2. The van der Waals surface area contributed by atoms with E-state index in [0.29, 0.717) is 0 Å². The molecule has 0 saturated carbocycles. The van der Waals surface area contributed by atoms with Crippen molar-refractivity contribution in [3.8, 4) is 0 Å². The lowest BCUT2D eigenvalue weighted by Gasteiger charge is -2.10. The number of hydrogen-bond donors (Lipinski definition) is 2. The van der Waals surface area contributed by atoms with E-state index in [1.54, 1.807) is 0 Å². The number of anilines is 2. The molecule has 0 fully saturated rings. The Balaban J connectivity index is 2.02. The molecule has 2 aromatic carbocycles. The van der Waals surface area contributed by atoms with Crippen LogP contribution in [0.15, 0.2) is 48.5 Å². The first-order valence-electron chi connectivity index (χ1n) is 5.86. The first-order valence-corrected chi connectivity index (χ1v) is 5.86. The van der Waals surface area contributed by atoms with Crippen molar-refractivity contribution in [1.82, 2.24) is 0 Å². The second-order valence-corrected chi connectivity index (χ2v) is 4.13. The quantitative estimate of drug-likeness (QED) is 0.788. The third-order valence-corrected chi connectivity index (χ3v) is 2.59. The molecule has 0 heterocycles. The van der Waals surface area contributed by atoms with Crippen LogP contribution in [-0.4, -0.2) is 6.03 Å². The predicted octanol–water partition coefficient (Wildman–Crippen LogP) is 4.49. The van der Waals surface area contributed by atoms with Gasteiger partial charge in [-0.25, -0.2) is 9.18 Å². The number of urea groups is 1. The van der Waals surface area contributed by atoms with Gasteiger partial charge in [-0.2, -0.15) is 13.2 Å². The third kappa shape index (κ3) is 3.95. The number of carbonyl (C=O) groups is 1. The molecule has 0 bridgehead atoms. The summed E-state index contributed by atoms with van der Waals surface area (Å²) < 4.78 is 50.4. The summed E-state index contributed by atoms with van der Waals surface area (Å²) >= 11 is 0. The van der Waals surface area contributed by atoms with Gasteiger partial charge in [0.2, 0.25) is 0 Å². The Hall–Kier alpha value is -2.57. The number of rotatable bonds is 2. The summed E-state index contributed by atoms with van der Waals surface area (Å²) in [7, 11) is 0. The Labute approximate surface area is 117 Å². The maximum absolute atomic E-state index is 13.3. The molecular weight excluding hydrogens is 288 g/mol. The first-order chi connectivity index (χ1) is 9.86. The van der Waals surface area contributed by atoms with Gasteiger partial charge in [-0.05, 0) is 36.4 Å². The van der Waals surface area contributed by atoms with E-state index in [9.17, 15) is 22.4 Å². The molecular formula is C14H10F4N2O. The zero-order valence-corrected chi connectivity index (χ0v) is 10.5. The third-order valence-electron chi connectivity index (χ3n) is 2.59. The van der Waals surface area contributed by atoms with Crippen molar-refractivity contribution in [2.24, 2.45) is 0 Å². The monoisotopic (exact) mass is 298 g/mol. The standard InChI is InChI=1S/C14H10F4N2O/c15-11-3-1-2-4-12(11)20-13(21)19-10-7-5-9(6-8-10)14(16,17)18/h1-8H,(H2,19,20,21). The van der Waals surface area contributed by atoms with Gasteiger partial charge in [0.25, 0.3) is 0 Å². The van der Waals surface area contributed by atoms with E-state index in [4.69, 9.17) is 0 Å². The Kier molecular flexibility index (Phi) is 4.11. The van der Waals surface area contributed by atoms with Crippen LogP contribution in [0.25, 0.3) is 0 Å². The van der Waals surface area contributed by atoms with E-state index < -0.39 is 23.6 Å². The number of halogens is 4. The molecule has 0 saturated heterocycles. The Bertz CT molecular complexity index is 638. The van der Waals surface area contributed by atoms with Crippen LogP contribution in [0.3, 0.4) is 0 Å². The fourth-order valence-corrected chi connectivity index (χ4v) is 1.59. The van der Waals surface area contributed by atoms with Crippen molar-refractivity contribution in [2.75, 3.05) is 10.6 Å². The van der Waals surface area contributed by atoms with Gasteiger partial charge in [0, 0.05) is 5.69 Å². The number of benzene rings is 2. The van der Waals surface area contributed by atoms with Gasteiger partial charge in [-0.3, -0.25) is 0 Å². The summed E-state index contributed by atoms with van der Waals surface area (Å²) in [5, 5.41) is 4.57. The number of hydrogen-bond acceptors (Lipinski definition) is 1. The Morgan fingerprint density at radius 2 is 1.52 bits per heavy atom. The smallest absolute Gasteiger partial charge is 0.308 e. The molecule has 2 rings (SSSR count). The molecule has 0 unspecified atom stereocenters. The van der Waals surface area contributed by atoms with Crippen LogP contribution in [0.1, 0.15) is 5.56 Å². The normalized spacial score (nSPS) is 11.0. The average Bonchev–Trinajstić information content (AvgIpc) is 2.41. The molecule has 0 radical (unpaired) electrons. The van der Waals surface area contributed by atoms with Gasteiger partial charge in [0.15, 0.2) is 0 Å². The second kappa shape index (κ2) is 5.82. The SMILES string of the molecule is O=C(Nc1ccc(C(F)(F)F)cc1)Nc1ccccc1F. The molecule has 0 spiro atoms. The molecule has 0 atom stereocenters. The fraction of sp³-hybridized carbons (Fsp3) is 0.0714. The number of carbonyl (C=O) groups excluding carboxylic acids is 1. The van der Waals surface area contributed by atoms with Crippen molar-refractivity contribution in [2.45, 2.75) is 6.18 Å². The molecule has 2 amide bonds. The molecule has 0 aliphatic rings. The lowest BCUT2D eigenvalue weighted by molar-refractivity contribution is -0.137. The van der Waals surface area contributed by atoms with Crippen molar-refractivity contribution < 1.29 is 22.4 Å². The minimum absolute atomic E-state index is 0.0260. The molecule has 21 heavy (non-hydrogen) atoms. The van der Waals surface area contributed by atoms with Crippen molar-refractivity contribution in [3.63, 3.8) is 0 Å². The Morgan fingerprint density at radius 3 is 2.10 bits per heavy atom. The second-order valence-electron chi connectivity index (χ2n) is 4.13. The number of nitrogens with one attached hydrogen (secondary N) is 2. The van der Waals surface area contributed by atoms with Crippen LogP contribution >= 0.6 is 0 Å². The minimum Gasteiger partial charge on any atom is -0.308 e. The van der Waals surface area contributed by atoms with Crippen LogP contribution in [0.5, 0.6) is 0 Å². The lowest BCUT2D eigenvalue weighted by atomic mass is 10.2. The highest BCUT2D eigenvalue weighted by Crippen LogP contribution is 2.29. The molecule has 2 N–H and O–H groups in total. The average molecular weight is 298 g/mol. The van der Waals surface area contributed by atoms with Gasteiger partial charge in [0.1, 0.15) is 5.82 Å². The van der Waals surface area contributed by atoms with E-state index >= 15 is 0 Å². The molecule has 3 nitrogen and oxygen atoms in total. The van der Waals surface area contributed by atoms with Crippen LogP contribution in [0.4, 0.5) is 33.7 Å². The maximum atomic E-state index is 13.3. The molecule has 110 valence electrons. The highest BCUT2D eigenvalue weighted by molar-refractivity contribution is 5.99. The van der Waals surface area contributed by atoms with E-state index in [1.807, 2.05) is 0 Å². The number of alkyl halides is 3. The van der Waals surface area contributed by atoms with E-state index in [-0.39, 0.29) is 11.4 Å². The van der Waals surface area contributed by atoms with Gasteiger partial charge in [-0.15, -0.1) is 0 Å². The molecule has 2 aromatic rings. The number of para-hydroxylation sites is 1. The molecule has 7 heteroatoms. The van der Waals surface area contributed by atoms with E-state index in [1.165, 1.54) is 24.3 Å². The zero-order valence-electron chi connectivity index (χ0n) is 10.5. The molecule has 0 aromatic heterocycles. The topological polar surface area (TPSA) is 41.1 Å². The highest BCUT2D eigenvalue weighted by atomic mass is 19.4. The minimum atomic E-state index is -4.44. The van der Waals surface area contributed by atoms with Crippen molar-refractivity contribution in [3.05, 3.63) is 59.9 Å². The summed E-state index contributed by atoms with van der Waals surface area (Å²) in [5.74, 6) is -0.611. The van der Waals surface area contributed by atoms with Crippen molar-refractivity contribution in [1.29, 1.82) is 0 Å². The van der Waals surface area contributed by atoms with Gasteiger partial charge >= 0.3 is 12.2 Å². The first kappa shape index (κ1) is 14.8. The van der Waals surface area contributed by atoms with E-state index in [0.717, 1.165) is 24.3 Å². The maximum Gasteiger partial charge on any atom is 0.416 e. The highest BCUT2D eigenvalue weighted by Gasteiger charge is 2.29. The van der Waals surface area contributed by atoms with Crippen LogP contribution in [0.2, 0.25) is 0 Å². The summed E-state index contributed by atoms with van der Waals surface area (Å²) in [4.78, 5) is 11.6. The lowest BCUT2D eigenvalue weighted by Crippen LogP contribution is -2.20. The zero-order chi connectivity index (χ0) is 15.5. The van der Waals surface area contributed by atoms with Gasteiger partial charge in [0.05, 0.1) is 11.3 Å². The fourth-order valence-electron chi connectivity index (χ4n) is 1.59. The largest absolute Gasteiger partial charge is 0.416 e. The molecule has 0 aliphatic carbocycles. The van der Waals surface area contributed by atoms with Crippen LogP contribution in [0, 0.1) is 5.82 Å². The molecule has 0 aliphatic heterocycles. The predicted molar refractivity (Wildman–Crippen MR) is 70.5 cm³/mol. The summed E-state index contributed by atoms with van der Waals surface area (Å²) in [6.45, 7) is 0. The summed E-state index contributed by atoms with van der Waals surface area (Å²) in [6.07, 6.45) is -4.44. The van der Waals surface area contributed by atoms with Gasteiger partial charge < -0.3 is 10.6 Å². The summed E-state index contributed by atoms with van der Waals surface area (Å²) in [6, 6.07) is 8.71.